The van der Waals surface area contributed by atoms with Crippen molar-refractivity contribution in [1.29, 1.82) is 0 Å². The summed E-state index contributed by atoms with van der Waals surface area (Å²) in [5, 5.41) is 8.14. The molecule has 0 saturated carbocycles. The molecule has 112 valence electrons. The van der Waals surface area contributed by atoms with Gasteiger partial charge in [-0.1, -0.05) is 41.6 Å². The molecular weight excluding hydrogens is 276 g/mol. The van der Waals surface area contributed by atoms with Crippen LogP contribution in [-0.4, -0.2) is 21.6 Å². The molecule has 2 aromatic carbocycles. The summed E-state index contributed by atoms with van der Waals surface area (Å²) in [4.78, 5) is 0. The predicted octanol–water partition coefficient (Wildman–Crippen LogP) is 3.00. The molecule has 0 saturated heterocycles. The lowest BCUT2D eigenvalue weighted by Crippen LogP contribution is -2.07. The highest BCUT2D eigenvalue weighted by Crippen LogP contribution is 2.18. The van der Waals surface area contributed by atoms with Crippen molar-refractivity contribution in [2.75, 3.05) is 12.3 Å². The summed E-state index contributed by atoms with van der Waals surface area (Å²) in [5.41, 5.74) is 8.56. The Morgan fingerprint density at radius 3 is 2.73 bits per heavy atom. The molecular formula is C17H18N4O. The summed E-state index contributed by atoms with van der Waals surface area (Å²) in [7, 11) is 0. The number of hydrogen-bond acceptors (Lipinski definition) is 4. The molecule has 22 heavy (non-hydrogen) atoms. The SMILES string of the molecule is Nc1cccc(OCCCn2nncc2-c2ccccc2)c1. The first-order valence-corrected chi connectivity index (χ1v) is 7.25. The molecule has 0 spiro atoms. The van der Waals surface area contributed by atoms with Crippen LogP contribution in [0.5, 0.6) is 5.75 Å². The first-order chi connectivity index (χ1) is 10.8. The highest BCUT2D eigenvalue weighted by Gasteiger charge is 2.05. The Bertz CT molecular complexity index is 724. The van der Waals surface area contributed by atoms with Gasteiger partial charge in [-0.05, 0) is 12.1 Å². The second-order valence-corrected chi connectivity index (χ2v) is 4.98. The van der Waals surface area contributed by atoms with Crippen molar-refractivity contribution in [3.63, 3.8) is 0 Å². The highest BCUT2D eigenvalue weighted by molar-refractivity contribution is 5.57. The van der Waals surface area contributed by atoms with E-state index >= 15 is 0 Å². The zero-order valence-electron chi connectivity index (χ0n) is 12.2. The molecule has 0 amide bonds. The van der Waals surface area contributed by atoms with Crippen LogP contribution in [0.3, 0.4) is 0 Å². The number of rotatable bonds is 6. The molecule has 1 aromatic heterocycles. The maximum Gasteiger partial charge on any atom is 0.121 e. The van der Waals surface area contributed by atoms with Crippen molar-refractivity contribution >= 4 is 5.69 Å². The number of benzene rings is 2. The standard InChI is InChI=1S/C17H18N4O/c18-15-8-4-9-16(12-15)22-11-5-10-21-17(13-19-20-21)14-6-2-1-3-7-14/h1-4,6-9,12-13H,5,10-11,18H2. The lowest BCUT2D eigenvalue weighted by atomic mass is 10.2. The van der Waals surface area contributed by atoms with Crippen molar-refractivity contribution in [2.24, 2.45) is 0 Å². The summed E-state index contributed by atoms with van der Waals surface area (Å²) in [6, 6.07) is 17.6. The minimum Gasteiger partial charge on any atom is -0.493 e. The number of hydrogen-bond donors (Lipinski definition) is 1. The molecule has 5 heteroatoms. The van der Waals surface area contributed by atoms with Crippen molar-refractivity contribution in [2.45, 2.75) is 13.0 Å². The first kappa shape index (κ1) is 14.1. The van der Waals surface area contributed by atoms with Gasteiger partial charge >= 0.3 is 0 Å². The van der Waals surface area contributed by atoms with E-state index in [0.717, 1.165) is 30.0 Å². The largest absolute Gasteiger partial charge is 0.493 e. The fourth-order valence-electron chi connectivity index (χ4n) is 2.26. The Morgan fingerprint density at radius 2 is 1.91 bits per heavy atom. The van der Waals surface area contributed by atoms with E-state index < -0.39 is 0 Å². The maximum atomic E-state index is 5.72. The molecule has 2 N–H and O–H groups in total. The summed E-state index contributed by atoms with van der Waals surface area (Å²) in [5.74, 6) is 0.793. The van der Waals surface area contributed by atoms with E-state index in [-0.39, 0.29) is 0 Å². The van der Waals surface area contributed by atoms with Gasteiger partial charge < -0.3 is 10.5 Å². The molecule has 0 radical (unpaired) electrons. The molecule has 0 unspecified atom stereocenters. The smallest absolute Gasteiger partial charge is 0.121 e. The molecule has 0 atom stereocenters. The normalized spacial score (nSPS) is 10.5. The Labute approximate surface area is 129 Å². The maximum absolute atomic E-state index is 5.72. The summed E-state index contributed by atoms with van der Waals surface area (Å²) in [6.45, 7) is 1.37. The number of anilines is 1. The molecule has 0 aliphatic carbocycles. The number of aromatic nitrogens is 3. The van der Waals surface area contributed by atoms with Gasteiger partial charge in [0.05, 0.1) is 18.5 Å². The predicted molar refractivity (Wildman–Crippen MR) is 86.4 cm³/mol. The van der Waals surface area contributed by atoms with E-state index in [1.165, 1.54) is 0 Å². The quantitative estimate of drug-likeness (QED) is 0.560. The number of aryl methyl sites for hydroxylation is 1. The van der Waals surface area contributed by atoms with Gasteiger partial charge in [0.2, 0.25) is 0 Å². The summed E-state index contributed by atoms with van der Waals surface area (Å²) >= 11 is 0. The first-order valence-electron chi connectivity index (χ1n) is 7.25. The molecule has 0 bridgehead atoms. The second kappa shape index (κ2) is 6.76. The van der Waals surface area contributed by atoms with Crippen LogP contribution in [-0.2, 0) is 6.54 Å². The van der Waals surface area contributed by atoms with Gasteiger partial charge in [0.15, 0.2) is 0 Å². The molecule has 3 aromatic rings. The van der Waals surface area contributed by atoms with Crippen molar-refractivity contribution in [1.82, 2.24) is 15.0 Å². The van der Waals surface area contributed by atoms with Crippen molar-refractivity contribution in [3.05, 3.63) is 60.8 Å². The Morgan fingerprint density at radius 1 is 1.05 bits per heavy atom. The van der Waals surface area contributed by atoms with Crippen LogP contribution in [0.15, 0.2) is 60.8 Å². The lowest BCUT2D eigenvalue weighted by Gasteiger charge is -2.08. The molecule has 3 rings (SSSR count). The van der Waals surface area contributed by atoms with Crippen LogP contribution in [0, 0.1) is 0 Å². The molecule has 5 nitrogen and oxygen atoms in total. The van der Waals surface area contributed by atoms with Crippen molar-refractivity contribution in [3.8, 4) is 17.0 Å². The average Bonchev–Trinajstić information content (AvgIpc) is 3.01. The van der Waals surface area contributed by atoms with Gasteiger partial charge in [-0.25, -0.2) is 4.68 Å². The lowest BCUT2D eigenvalue weighted by molar-refractivity contribution is 0.298. The molecule has 0 aliphatic rings. The fourth-order valence-corrected chi connectivity index (χ4v) is 2.26. The van der Waals surface area contributed by atoms with Crippen LogP contribution >= 0.6 is 0 Å². The molecule has 0 aliphatic heterocycles. The molecule has 0 fully saturated rings. The van der Waals surface area contributed by atoms with E-state index in [1.54, 1.807) is 6.20 Å². The van der Waals surface area contributed by atoms with Gasteiger partial charge in [-0.15, -0.1) is 5.10 Å². The summed E-state index contributed by atoms with van der Waals surface area (Å²) in [6.07, 6.45) is 2.63. The monoisotopic (exact) mass is 294 g/mol. The zero-order chi connectivity index (χ0) is 15.2. The number of nitrogens with two attached hydrogens (primary N) is 1. The third kappa shape index (κ3) is 3.44. The van der Waals surface area contributed by atoms with E-state index in [1.807, 2.05) is 47.1 Å². The van der Waals surface area contributed by atoms with Crippen LogP contribution < -0.4 is 10.5 Å². The van der Waals surface area contributed by atoms with Crippen LogP contribution in [0.25, 0.3) is 11.3 Å². The zero-order valence-corrected chi connectivity index (χ0v) is 12.2. The highest BCUT2D eigenvalue weighted by atomic mass is 16.5. The van der Waals surface area contributed by atoms with Gasteiger partial charge in [-0.2, -0.15) is 0 Å². The fraction of sp³-hybridized carbons (Fsp3) is 0.176. The molecule has 1 heterocycles. The minimum atomic E-state index is 0.609. The number of nitrogens with zero attached hydrogens (tertiary/aromatic N) is 3. The van der Waals surface area contributed by atoms with Crippen LogP contribution in [0.2, 0.25) is 0 Å². The van der Waals surface area contributed by atoms with E-state index in [4.69, 9.17) is 10.5 Å². The van der Waals surface area contributed by atoms with E-state index in [0.29, 0.717) is 12.3 Å². The van der Waals surface area contributed by atoms with Crippen molar-refractivity contribution < 1.29 is 4.74 Å². The van der Waals surface area contributed by atoms with E-state index in [2.05, 4.69) is 22.4 Å². The van der Waals surface area contributed by atoms with Gasteiger partial charge in [0.25, 0.3) is 0 Å². The average molecular weight is 294 g/mol. The van der Waals surface area contributed by atoms with Gasteiger partial charge in [0, 0.05) is 30.3 Å². The Kier molecular flexibility index (Phi) is 4.34. The topological polar surface area (TPSA) is 66.0 Å². The van der Waals surface area contributed by atoms with Gasteiger partial charge in [0.1, 0.15) is 5.75 Å². The van der Waals surface area contributed by atoms with Crippen LogP contribution in [0.1, 0.15) is 6.42 Å². The number of nitrogen functional groups attached to an aromatic ring is 1. The van der Waals surface area contributed by atoms with E-state index in [9.17, 15) is 0 Å². The Hall–Kier alpha value is -2.82. The third-order valence-electron chi connectivity index (χ3n) is 3.33. The van der Waals surface area contributed by atoms with Gasteiger partial charge in [-0.3, -0.25) is 0 Å². The Balaban J connectivity index is 1.56. The van der Waals surface area contributed by atoms with Crippen LogP contribution in [0.4, 0.5) is 5.69 Å². The summed E-state index contributed by atoms with van der Waals surface area (Å²) < 4.78 is 7.59. The second-order valence-electron chi connectivity index (χ2n) is 4.98. The minimum absolute atomic E-state index is 0.609. The number of ether oxygens (including phenoxy) is 1. The third-order valence-corrected chi connectivity index (χ3v) is 3.33.